The highest BCUT2D eigenvalue weighted by atomic mass is 16.4. The van der Waals surface area contributed by atoms with Crippen molar-refractivity contribution in [3.8, 4) is 0 Å². The lowest BCUT2D eigenvalue weighted by molar-refractivity contribution is -0.137. The van der Waals surface area contributed by atoms with E-state index in [2.05, 4.69) is 20.8 Å². The van der Waals surface area contributed by atoms with Crippen molar-refractivity contribution in [2.45, 2.75) is 33.2 Å². The standard InChI is InChI=1S/C9H17NO2/c1-9(2,3)6-4-5-7(10)8(11)12/h4-5,7H,6,10H2,1-3H3,(H,11,12)/b5-4+. The number of allylic oxidation sites excluding steroid dienone is 1. The number of rotatable bonds is 3. The molecule has 0 aromatic rings. The van der Waals surface area contributed by atoms with Crippen LogP contribution in [-0.4, -0.2) is 17.1 Å². The van der Waals surface area contributed by atoms with Crippen LogP contribution in [0.3, 0.4) is 0 Å². The third-order valence-electron chi connectivity index (χ3n) is 1.36. The molecule has 12 heavy (non-hydrogen) atoms. The van der Waals surface area contributed by atoms with E-state index < -0.39 is 12.0 Å². The summed E-state index contributed by atoms with van der Waals surface area (Å²) in [4.78, 5) is 10.3. The minimum Gasteiger partial charge on any atom is -0.480 e. The van der Waals surface area contributed by atoms with E-state index in [1.807, 2.05) is 6.08 Å². The number of aliphatic carboxylic acids is 1. The summed E-state index contributed by atoms with van der Waals surface area (Å²) < 4.78 is 0. The van der Waals surface area contributed by atoms with E-state index in [4.69, 9.17) is 10.8 Å². The molecule has 0 aromatic carbocycles. The van der Waals surface area contributed by atoms with Gasteiger partial charge in [-0.3, -0.25) is 4.79 Å². The first kappa shape index (κ1) is 11.2. The second-order valence-electron chi connectivity index (χ2n) is 4.06. The SMILES string of the molecule is CC(C)(C)C/C=C/C(N)C(=O)O. The normalized spacial score (nSPS) is 15.0. The number of carboxylic acids is 1. The van der Waals surface area contributed by atoms with Gasteiger partial charge in [-0.2, -0.15) is 0 Å². The van der Waals surface area contributed by atoms with E-state index in [9.17, 15) is 4.79 Å². The average molecular weight is 171 g/mol. The number of hydrogen-bond acceptors (Lipinski definition) is 2. The third kappa shape index (κ3) is 5.92. The molecule has 0 saturated heterocycles. The van der Waals surface area contributed by atoms with Crippen LogP contribution in [0.1, 0.15) is 27.2 Å². The van der Waals surface area contributed by atoms with Crippen LogP contribution in [0.4, 0.5) is 0 Å². The summed E-state index contributed by atoms with van der Waals surface area (Å²) in [5.41, 5.74) is 5.45. The van der Waals surface area contributed by atoms with Gasteiger partial charge in [-0.25, -0.2) is 0 Å². The molecule has 0 spiro atoms. The Bertz CT molecular complexity index is 179. The molecule has 0 rings (SSSR count). The number of hydrogen-bond donors (Lipinski definition) is 2. The minimum absolute atomic E-state index is 0.189. The molecule has 3 heteroatoms. The Labute approximate surface area is 73.3 Å². The zero-order chi connectivity index (χ0) is 9.78. The van der Waals surface area contributed by atoms with Gasteiger partial charge in [-0.1, -0.05) is 32.9 Å². The summed E-state index contributed by atoms with van der Waals surface area (Å²) in [6.07, 6.45) is 4.18. The highest BCUT2D eigenvalue weighted by Crippen LogP contribution is 2.18. The summed E-state index contributed by atoms with van der Waals surface area (Å²) >= 11 is 0. The third-order valence-corrected chi connectivity index (χ3v) is 1.36. The molecule has 0 radical (unpaired) electrons. The zero-order valence-corrected chi connectivity index (χ0v) is 7.87. The first-order chi connectivity index (χ1) is 5.33. The van der Waals surface area contributed by atoms with Crippen LogP contribution in [0.25, 0.3) is 0 Å². The molecular weight excluding hydrogens is 154 g/mol. The smallest absolute Gasteiger partial charge is 0.324 e. The van der Waals surface area contributed by atoms with Gasteiger partial charge in [-0.15, -0.1) is 0 Å². The maximum atomic E-state index is 10.3. The van der Waals surface area contributed by atoms with Crippen molar-refractivity contribution in [1.82, 2.24) is 0 Å². The molecular formula is C9H17NO2. The van der Waals surface area contributed by atoms with Gasteiger partial charge in [0.25, 0.3) is 0 Å². The minimum atomic E-state index is -0.986. The van der Waals surface area contributed by atoms with Crippen LogP contribution < -0.4 is 5.73 Å². The molecule has 3 nitrogen and oxygen atoms in total. The molecule has 0 aliphatic rings. The van der Waals surface area contributed by atoms with Crippen molar-refractivity contribution < 1.29 is 9.90 Å². The summed E-state index contributed by atoms with van der Waals surface area (Å²) in [5.74, 6) is -0.986. The fourth-order valence-corrected chi connectivity index (χ4v) is 0.651. The van der Waals surface area contributed by atoms with Crippen LogP contribution in [0.15, 0.2) is 12.2 Å². The van der Waals surface area contributed by atoms with Crippen molar-refractivity contribution in [2.24, 2.45) is 11.1 Å². The molecule has 0 heterocycles. The molecule has 3 N–H and O–H groups in total. The lowest BCUT2D eigenvalue weighted by Gasteiger charge is -2.14. The van der Waals surface area contributed by atoms with Gasteiger partial charge < -0.3 is 10.8 Å². The second-order valence-corrected chi connectivity index (χ2v) is 4.06. The van der Waals surface area contributed by atoms with Crippen LogP contribution in [0.5, 0.6) is 0 Å². The van der Waals surface area contributed by atoms with Crippen LogP contribution in [0.2, 0.25) is 0 Å². The molecule has 0 aliphatic carbocycles. The first-order valence-corrected chi connectivity index (χ1v) is 3.98. The largest absolute Gasteiger partial charge is 0.480 e. The van der Waals surface area contributed by atoms with Gasteiger partial charge in [0.1, 0.15) is 6.04 Å². The average Bonchev–Trinajstić information content (AvgIpc) is 1.84. The maximum Gasteiger partial charge on any atom is 0.324 e. The van der Waals surface area contributed by atoms with E-state index in [1.165, 1.54) is 6.08 Å². The van der Waals surface area contributed by atoms with E-state index in [0.29, 0.717) is 0 Å². The van der Waals surface area contributed by atoms with Gasteiger partial charge >= 0.3 is 5.97 Å². The van der Waals surface area contributed by atoms with Gasteiger partial charge in [0.2, 0.25) is 0 Å². The number of nitrogens with two attached hydrogens (primary N) is 1. The van der Waals surface area contributed by atoms with Gasteiger partial charge in [0.15, 0.2) is 0 Å². The summed E-state index contributed by atoms with van der Waals surface area (Å²) in [5, 5.41) is 8.44. The van der Waals surface area contributed by atoms with Crippen molar-refractivity contribution in [1.29, 1.82) is 0 Å². The second kappa shape index (κ2) is 4.26. The zero-order valence-electron chi connectivity index (χ0n) is 7.87. The Hall–Kier alpha value is -0.830. The van der Waals surface area contributed by atoms with Crippen molar-refractivity contribution in [3.05, 3.63) is 12.2 Å². The Morgan fingerprint density at radius 1 is 1.58 bits per heavy atom. The monoisotopic (exact) mass is 171 g/mol. The quantitative estimate of drug-likeness (QED) is 0.631. The van der Waals surface area contributed by atoms with Crippen LogP contribution in [0, 0.1) is 5.41 Å². The molecule has 0 amide bonds. The van der Waals surface area contributed by atoms with Crippen molar-refractivity contribution in [2.75, 3.05) is 0 Å². The highest BCUT2D eigenvalue weighted by Gasteiger charge is 2.09. The Balaban J connectivity index is 3.85. The highest BCUT2D eigenvalue weighted by molar-refractivity contribution is 5.75. The lowest BCUT2D eigenvalue weighted by atomic mass is 9.92. The molecule has 0 aliphatic heterocycles. The Morgan fingerprint density at radius 3 is 2.42 bits per heavy atom. The molecule has 0 bridgehead atoms. The van der Waals surface area contributed by atoms with E-state index >= 15 is 0 Å². The molecule has 1 atom stereocenters. The number of carbonyl (C=O) groups is 1. The molecule has 0 saturated carbocycles. The molecule has 0 aromatic heterocycles. The predicted molar refractivity (Wildman–Crippen MR) is 48.8 cm³/mol. The topological polar surface area (TPSA) is 63.3 Å². The molecule has 70 valence electrons. The first-order valence-electron chi connectivity index (χ1n) is 3.98. The fourth-order valence-electron chi connectivity index (χ4n) is 0.651. The molecule has 1 unspecified atom stereocenters. The van der Waals surface area contributed by atoms with E-state index in [0.717, 1.165) is 6.42 Å². The van der Waals surface area contributed by atoms with Gasteiger partial charge in [-0.05, 0) is 11.8 Å². The lowest BCUT2D eigenvalue weighted by Crippen LogP contribution is -2.27. The van der Waals surface area contributed by atoms with Crippen LogP contribution >= 0.6 is 0 Å². The summed E-state index contributed by atoms with van der Waals surface area (Å²) in [6.45, 7) is 6.26. The van der Waals surface area contributed by atoms with Crippen LogP contribution in [-0.2, 0) is 4.79 Å². The van der Waals surface area contributed by atoms with Crippen molar-refractivity contribution in [3.63, 3.8) is 0 Å². The Kier molecular flexibility index (Phi) is 3.96. The van der Waals surface area contributed by atoms with E-state index in [-0.39, 0.29) is 5.41 Å². The maximum absolute atomic E-state index is 10.3. The molecule has 0 fully saturated rings. The summed E-state index contributed by atoms with van der Waals surface area (Å²) in [7, 11) is 0. The van der Waals surface area contributed by atoms with Gasteiger partial charge in [0.05, 0.1) is 0 Å². The van der Waals surface area contributed by atoms with E-state index in [1.54, 1.807) is 0 Å². The number of carboxylic acid groups (broad SMARTS) is 1. The van der Waals surface area contributed by atoms with Crippen molar-refractivity contribution >= 4 is 5.97 Å². The van der Waals surface area contributed by atoms with Gasteiger partial charge in [0, 0.05) is 0 Å². The predicted octanol–water partition coefficient (Wildman–Crippen LogP) is 1.39. The summed E-state index contributed by atoms with van der Waals surface area (Å²) in [6, 6.07) is -0.868. The Morgan fingerprint density at radius 2 is 2.08 bits per heavy atom. The fraction of sp³-hybridized carbons (Fsp3) is 0.667.